The molecular formula is C17H12Cl3N3O4S. The molecule has 0 spiro atoms. The van der Waals surface area contributed by atoms with E-state index in [1.807, 2.05) is 4.72 Å². The Labute approximate surface area is 175 Å². The minimum absolute atomic E-state index is 0.0607. The van der Waals surface area contributed by atoms with Crippen molar-refractivity contribution in [2.45, 2.75) is 4.90 Å². The highest BCUT2D eigenvalue weighted by Crippen LogP contribution is 2.29. The molecule has 1 amide bonds. The molecule has 1 heterocycles. The van der Waals surface area contributed by atoms with E-state index in [1.54, 1.807) is 18.2 Å². The summed E-state index contributed by atoms with van der Waals surface area (Å²) < 4.78 is 33.4. The van der Waals surface area contributed by atoms with Crippen LogP contribution in [0.5, 0.6) is 5.75 Å². The lowest BCUT2D eigenvalue weighted by Gasteiger charge is -2.09. The molecule has 0 radical (unpaired) electrons. The number of imidazole rings is 1. The van der Waals surface area contributed by atoms with E-state index in [0.717, 1.165) is 0 Å². The van der Waals surface area contributed by atoms with E-state index in [1.165, 1.54) is 42.4 Å². The number of carbonyl (C=O) groups excluding carboxylic acids is 1. The lowest BCUT2D eigenvalue weighted by atomic mass is 10.3. The van der Waals surface area contributed by atoms with Crippen LogP contribution in [0.2, 0.25) is 15.1 Å². The Bertz CT molecular complexity index is 1140. The molecule has 28 heavy (non-hydrogen) atoms. The fourth-order valence-corrected chi connectivity index (χ4v) is 4.41. The molecule has 1 aromatic heterocycles. The Kier molecular flexibility index (Phi) is 5.85. The predicted octanol–water partition coefficient (Wildman–Crippen LogP) is 3.96. The molecule has 0 aliphatic rings. The molecule has 7 nitrogen and oxygen atoms in total. The van der Waals surface area contributed by atoms with Gasteiger partial charge < -0.3 is 9.30 Å². The van der Waals surface area contributed by atoms with Gasteiger partial charge in [0.1, 0.15) is 22.7 Å². The topological polar surface area (TPSA) is 90.3 Å². The zero-order valence-electron chi connectivity index (χ0n) is 14.2. The molecule has 0 bridgehead atoms. The fourth-order valence-electron chi connectivity index (χ4n) is 2.34. The summed E-state index contributed by atoms with van der Waals surface area (Å²) in [4.78, 5) is 16.0. The smallest absolute Gasteiger partial charge is 0.285 e. The van der Waals surface area contributed by atoms with E-state index in [-0.39, 0.29) is 21.4 Å². The van der Waals surface area contributed by atoms with E-state index in [4.69, 9.17) is 39.5 Å². The number of nitrogens with one attached hydrogen (secondary N) is 1. The van der Waals surface area contributed by atoms with E-state index in [2.05, 4.69) is 4.98 Å². The Balaban J connectivity index is 1.89. The number of benzene rings is 2. The first kappa shape index (κ1) is 20.5. The number of aromatic nitrogens is 2. The number of methoxy groups -OCH3 is 1. The third-order valence-electron chi connectivity index (χ3n) is 3.67. The normalized spacial score (nSPS) is 11.3. The molecule has 0 aliphatic carbocycles. The number of para-hydroxylation sites is 1. The largest absolute Gasteiger partial charge is 0.497 e. The van der Waals surface area contributed by atoms with Gasteiger partial charge in [0.15, 0.2) is 0 Å². The summed E-state index contributed by atoms with van der Waals surface area (Å²) in [6.45, 7) is 0. The van der Waals surface area contributed by atoms with Crippen LogP contribution >= 0.6 is 34.8 Å². The molecule has 1 N–H and O–H groups in total. The minimum Gasteiger partial charge on any atom is -0.497 e. The molecule has 3 aromatic rings. The zero-order valence-corrected chi connectivity index (χ0v) is 17.3. The van der Waals surface area contributed by atoms with Crippen LogP contribution in [0.1, 0.15) is 10.5 Å². The summed E-state index contributed by atoms with van der Waals surface area (Å²) in [5, 5.41) is 0.620. The molecule has 0 atom stereocenters. The van der Waals surface area contributed by atoms with Crippen molar-refractivity contribution in [3.8, 4) is 11.4 Å². The lowest BCUT2D eigenvalue weighted by molar-refractivity contribution is 0.0977. The Morgan fingerprint density at radius 2 is 1.79 bits per heavy atom. The van der Waals surface area contributed by atoms with E-state index in [9.17, 15) is 13.2 Å². The maximum Gasteiger partial charge on any atom is 0.285 e. The van der Waals surface area contributed by atoms with Crippen LogP contribution in [0.4, 0.5) is 0 Å². The van der Waals surface area contributed by atoms with Crippen LogP contribution in [0, 0.1) is 0 Å². The summed E-state index contributed by atoms with van der Waals surface area (Å²) >= 11 is 18.2. The Morgan fingerprint density at radius 3 is 2.43 bits per heavy atom. The second-order valence-corrected chi connectivity index (χ2v) is 8.34. The van der Waals surface area contributed by atoms with Crippen molar-refractivity contribution in [1.29, 1.82) is 0 Å². The second-order valence-electron chi connectivity index (χ2n) is 5.47. The van der Waals surface area contributed by atoms with Crippen molar-refractivity contribution >= 4 is 50.7 Å². The third kappa shape index (κ3) is 4.10. The first-order valence-electron chi connectivity index (χ1n) is 7.62. The highest BCUT2D eigenvalue weighted by atomic mass is 35.5. The van der Waals surface area contributed by atoms with Crippen molar-refractivity contribution in [2.75, 3.05) is 7.11 Å². The molecule has 3 rings (SSSR count). The van der Waals surface area contributed by atoms with Gasteiger partial charge in [0, 0.05) is 12.3 Å². The van der Waals surface area contributed by atoms with Crippen molar-refractivity contribution < 1.29 is 17.9 Å². The van der Waals surface area contributed by atoms with E-state index in [0.29, 0.717) is 15.7 Å². The van der Waals surface area contributed by atoms with Gasteiger partial charge in [-0.15, -0.1) is 0 Å². The van der Waals surface area contributed by atoms with Gasteiger partial charge in [0.05, 0.1) is 27.9 Å². The molecule has 11 heteroatoms. The third-order valence-corrected chi connectivity index (χ3v) is 6.09. The van der Waals surface area contributed by atoms with Gasteiger partial charge in [-0.2, -0.15) is 0 Å². The Morgan fingerprint density at radius 1 is 1.11 bits per heavy atom. The monoisotopic (exact) mass is 459 g/mol. The maximum absolute atomic E-state index is 12.5. The summed E-state index contributed by atoms with van der Waals surface area (Å²) in [7, 11) is -2.88. The van der Waals surface area contributed by atoms with Gasteiger partial charge in [-0.05, 0) is 24.3 Å². The SMILES string of the molecule is COc1ccc(Cl)c(S(=O)(=O)NC(=O)c2cn(-c3c(Cl)cccc3Cl)cn2)c1. The molecule has 146 valence electrons. The molecule has 0 unspecified atom stereocenters. The van der Waals surface area contributed by atoms with Crippen LogP contribution in [0.15, 0.2) is 53.8 Å². The standard InChI is InChI=1S/C17H12Cl3N3O4S/c1-27-10-5-6-11(18)15(7-10)28(25,26)22-17(24)14-8-23(9-21-14)16-12(19)3-2-4-13(16)20/h2-9H,1H3,(H,22,24). The van der Waals surface area contributed by atoms with Gasteiger partial charge in [-0.25, -0.2) is 18.1 Å². The van der Waals surface area contributed by atoms with Crippen molar-refractivity contribution in [1.82, 2.24) is 14.3 Å². The average molecular weight is 461 g/mol. The van der Waals surface area contributed by atoms with Gasteiger partial charge in [-0.3, -0.25) is 4.79 Å². The number of halogens is 3. The summed E-state index contributed by atoms with van der Waals surface area (Å²) in [6, 6.07) is 8.98. The predicted molar refractivity (Wildman–Crippen MR) is 106 cm³/mol. The average Bonchev–Trinajstić information content (AvgIpc) is 3.11. The van der Waals surface area contributed by atoms with Crippen molar-refractivity contribution in [2.24, 2.45) is 0 Å². The van der Waals surface area contributed by atoms with Gasteiger partial charge in [0.2, 0.25) is 0 Å². The Hall–Kier alpha value is -2.26. The lowest BCUT2D eigenvalue weighted by Crippen LogP contribution is -2.31. The number of ether oxygens (including phenoxy) is 1. The van der Waals surface area contributed by atoms with Crippen molar-refractivity contribution in [3.05, 3.63) is 69.7 Å². The van der Waals surface area contributed by atoms with Gasteiger partial charge in [0.25, 0.3) is 15.9 Å². The van der Waals surface area contributed by atoms with Gasteiger partial charge >= 0.3 is 0 Å². The van der Waals surface area contributed by atoms with Crippen LogP contribution < -0.4 is 9.46 Å². The quantitative estimate of drug-likeness (QED) is 0.622. The minimum atomic E-state index is -4.26. The number of carbonyl (C=O) groups is 1. The zero-order chi connectivity index (χ0) is 20.5. The molecule has 0 fully saturated rings. The first-order chi connectivity index (χ1) is 13.2. The number of rotatable bonds is 5. The summed E-state index contributed by atoms with van der Waals surface area (Å²) in [6.07, 6.45) is 2.61. The number of hydrogen-bond acceptors (Lipinski definition) is 5. The number of sulfonamides is 1. The summed E-state index contributed by atoms with van der Waals surface area (Å²) in [5.41, 5.74) is 0.259. The maximum atomic E-state index is 12.5. The van der Waals surface area contributed by atoms with Crippen LogP contribution in [-0.4, -0.2) is 31.0 Å². The number of hydrogen-bond donors (Lipinski definition) is 1. The van der Waals surface area contributed by atoms with E-state index >= 15 is 0 Å². The van der Waals surface area contributed by atoms with Crippen molar-refractivity contribution in [3.63, 3.8) is 0 Å². The van der Waals surface area contributed by atoms with E-state index < -0.39 is 15.9 Å². The fraction of sp³-hybridized carbons (Fsp3) is 0.0588. The highest BCUT2D eigenvalue weighted by Gasteiger charge is 2.24. The van der Waals surface area contributed by atoms with Crippen LogP contribution in [-0.2, 0) is 10.0 Å². The highest BCUT2D eigenvalue weighted by molar-refractivity contribution is 7.90. The molecule has 2 aromatic carbocycles. The van der Waals surface area contributed by atoms with Gasteiger partial charge in [-0.1, -0.05) is 40.9 Å². The first-order valence-corrected chi connectivity index (χ1v) is 10.2. The van der Waals surface area contributed by atoms with Crippen LogP contribution in [0.3, 0.4) is 0 Å². The van der Waals surface area contributed by atoms with Crippen LogP contribution in [0.25, 0.3) is 5.69 Å². The molecule has 0 saturated carbocycles. The number of nitrogens with zero attached hydrogens (tertiary/aromatic N) is 2. The summed E-state index contributed by atoms with van der Waals surface area (Å²) in [5.74, 6) is -0.671. The molecule has 0 aliphatic heterocycles. The molecular weight excluding hydrogens is 449 g/mol. The second kappa shape index (κ2) is 8.00. The molecule has 0 saturated heterocycles. The number of amides is 1.